The molecular formula is C13H25ClN2O. The minimum absolute atomic E-state index is 0. The second-order valence-corrected chi connectivity index (χ2v) is 5.10. The van der Waals surface area contributed by atoms with Crippen LogP contribution in [0.2, 0.25) is 0 Å². The van der Waals surface area contributed by atoms with Gasteiger partial charge in [0.1, 0.15) is 0 Å². The van der Waals surface area contributed by atoms with E-state index < -0.39 is 0 Å². The number of nitrogens with zero attached hydrogens (tertiary/aromatic N) is 1. The third-order valence-electron chi connectivity index (χ3n) is 3.78. The highest BCUT2D eigenvalue weighted by Gasteiger charge is 2.25. The minimum atomic E-state index is 0. The van der Waals surface area contributed by atoms with Gasteiger partial charge in [-0.2, -0.15) is 0 Å². The molecular weight excluding hydrogens is 236 g/mol. The fourth-order valence-electron chi connectivity index (χ4n) is 2.75. The molecule has 0 bridgehead atoms. The monoisotopic (exact) mass is 260 g/mol. The van der Waals surface area contributed by atoms with Crippen molar-refractivity contribution in [1.29, 1.82) is 0 Å². The van der Waals surface area contributed by atoms with Gasteiger partial charge >= 0.3 is 0 Å². The summed E-state index contributed by atoms with van der Waals surface area (Å²) >= 11 is 0. The first-order valence-corrected chi connectivity index (χ1v) is 6.90. The molecule has 0 aromatic rings. The van der Waals surface area contributed by atoms with Gasteiger partial charge in [-0.25, -0.2) is 0 Å². The molecule has 2 saturated heterocycles. The van der Waals surface area contributed by atoms with E-state index in [9.17, 15) is 4.79 Å². The Morgan fingerprint density at radius 3 is 2.18 bits per heavy atom. The topological polar surface area (TPSA) is 32.3 Å². The predicted molar refractivity (Wildman–Crippen MR) is 72.6 cm³/mol. The molecule has 0 saturated carbocycles. The zero-order valence-corrected chi connectivity index (χ0v) is 11.4. The Bertz CT molecular complexity index is 221. The smallest absolute Gasteiger partial charge is 0.239 e. The average molecular weight is 261 g/mol. The molecule has 0 aromatic heterocycles. The van der Waals surface area contributed by atoms with Crippen molar-refractivity contribution in [2.24, 2.45) is 0 Å². The molecule has 0 spiro atoms. The maximum absolute atomic E-state index is 12.3. The third kappa shape index (κ3) is 4.47. The molecule has 2 aliphatic heterocycles. The van der Waals surface area contributed by atoms with E-state index in [0.29, 0.717) is 5.91 Å². The highest BCUT2D eigenvalue weighted by atomic mass is 35.5. The van der Waals surface area contributed by atoms with E-state index in [1.807, 2.05) is 0 Å². The summed E-state index contributed by atoms with van der Waals surface area (Å²) < 4.78 is 0. The third-order valence-corrected chi connectivity index (χ3v) is 3.78. The Labute approximate surface area is 111 Å². The lowest BCUT2D eigenvalue weighted by molar-refractivity contribution is -0.134. The number of carbonyl (C=O) groups is 1. The number of likely N-dealkylation sites (tertiary alicyclic amines) is 1. The Morgan fingerprint density at radius 2 is 1.59 bits per heavy atom. The summed E-state index contributed by atoms with van der Waals surface area (Å²) in [5.74, 6) is 0.363. The van der Waals surface area contributed by atoms with Gasteiger partial charge in [-0.15, -0.1) is 12.4 Å². The number of amides is 1. The Balaban J connectivity index is 0.00000144. The summed E-state index contributed by atoms with van der Waals surface area (Å²) in [4.78, 5) is 14.4. The number of piperidine rings is 1. The Hall–Kier alpha value is -0.280. The summed E-state index contributed by atoms with van der Waals surface area (Å²) in [7, 11) is 0. The molecule has 2 fully saturated rings. The van der Waals surface area contributed by atoms with E-state index in [-0.39, 0.29) is 18.4 Å². The molecule has 1 atom stereocenters. The van der Waals surface area contributed by atoms with E-state index >= 15 is 0 Å². The van der Waals surface area contributed by atoms with Crippen molar-refractivity contribution in [2.45, 2.75) is 57.4 Å². The van der Waals surface area contributed by atoms with Crippen LogP contribution in [0.5, 0.6) is 0 Å². The van der Waals surface area contributed by atoms with Crippen molar-refractivity contribution < 1.29 is 4.79 Å². The van der Waals surface area contributed by atoms with Gasteiger partial charge in [0, 0.05) is 13.1 Å². The quantitative estimate of drug-likeness (QED) is 0.785. The van der Waals surface area contributed by atoms with E-state index in [1.165, 1.54) is 44.9 Å². The Kier molecular flexibility index (Phi) is 6.90. The van der Waals surface area contributed by atoms with Gasteiger partial charge in [0.2, 0.25) is 5.91 Å². The van der Waals surface area contributed by atoms with Crippen LogP contribution in [0.4, 0.5) is 0 Å². The van der Waals surface area contributed by atoms with E-state index in [4.69, 9.17) is 0 Å². The van der Waals surface area contributed by atoms with Gasteiger partial charge in [-0.1, -0.05) is 25.7 Å². The lowest BCUT2D eigenvalue weighted by Crippen LogP contribution is -2.49. The molecule has 0 aromatic carbocycles. The Morgan fingerprint density at radius 1 is 0.941 bits per heavy atom. The fourth-order valence-corrected chi connectivity index (χ4v) is 2.75. The van der Waals surface area contributed by atoms with Gasteiger partial charge in [0.05, 0.1) is 6.04 Å². The van der Waals surface area contributed by atoms with Crippen LogP contribution < -0.4 is 5.32 Å². The molecule has 1 N–H and O–H groups in total. The first kappa shape index (κ1) is 14.8. The van der Waals surface area contributed by atoms with Gasteiger partial charge in [-0.3, -0.25) is 4.79 Å². The molecule has 0 aliphatic carbocycles. The second kappa shape index (κ2) is 7.93. The summed E-state index contributed by atoms with van der Waals surface area (Å²) in [6.45, 7) is 2.98. The summed E-state index contributed by atoms with van der Waals surface area (Å²) in [6.07, 6.45) is 9.79. The first-order valence-electron chi connectivity index (χ1n) is 6.90. The lowest BCUT2D eigenvalue weighted by atomic mass is 10.0. The minimum Gasteiger partial charge on any atom is -0.341 e. The number of carbonyl (C=O) groups excluding carboxylic acids is 1. The summed E-state index contributed by atoms with van der Waals surface area (Å²) in [6, 6.07) is 0.119. The maximum atomic E-state index is 12.3. The van der Waals surface area contributed by atoms with Crippen LogP contribution in [0.25, 0.3) is 0 Å². The van der Waals surface area contributed by atoms with Crippen LogP contribution in [0.1, 0.15) is 51.4 Å². The molecule has 0 radical (unpaired) electrons. The van der Waals surface area contributed by atoms with Crippen molar-refractivity contribution in [3.8, 4) is 0 Å². The molecule has 1 amide bonds. The molecule has 4 heteroatoms. The summed E-state index contributed by atoms with van der Waals surface area (Å²) in [5.41, 5.74) is 0. The van der Waals surface area contributed by atoms with Crippen molar-refractivity contribution >= 4 is 18.3 Å². The van der Waals surface area contributed by atoms with Crippen molar-refractivity contribution in [3.63, 3.8) is 0 Å². The normalized spacial score (nSPS) is 26.6. The standard InChI is InChI=1S/C13H24N2O.ClH/c16-13(12-8-4-5-9-14-12)15-10-6-2-1-3-7-11-15;/h12,14H,1-11H2;1H/t12-;/m0./s1. The van der Waals surface area contributed by atoms with E-state index in [1.54, 1.807) is 0 Å². The highest BCUT2D eigenvalue weighted by molar-refractivity contribution is 5.85. The van der Waals surface area contributed by atoms with Crippen LogP contribution in [0.3, 0.4) is 0 Å². The van der Waals surface area contributed by atoms with E-state index in [0.717, 1.165) is 26.1 Å². The maximum Gasteiger partial charge on any atom is 0.239 e. The zero-order chi connectivity index (χ0) is 11.2. The van der Waals surface area contributed by atoms with Crippen molar-refractivity contribution in [3.05, 3.63) is 0 Å². The molecule has 17 heavy (non-hydrogen) atoms. The molecule has 0 unspecified atom stereocenters. The van der Waals surface area contributed by atoms with Crippen LogP contribution in [-0.2, 0) is 4.79 Å². The summed E-state index contributed by atoms with van der Waals surface area (Å²) in [5, 5.41) is 3.36. The zero-order valence-electron chi connectivity index (χ0n) is 10.6. The van der Waals surface area contributed by atoms with Crippen molar-refractivity contribution in [2.75, 3.05) is 19.6 Å². The SMILES string of the molecule is Cl.O=C([C@@H]1CCCCN1)N1CCCCCCC1. The number of hydrogen-bond acceptors (Lipinski definition) is 2. The average Bonchev–Trinajstić information content (AvgIpc) is 2.29. The van der Waals surface area contributed by atoms with Gasteiger partial charge < -0.3 is 10.2 Å². The fraction of sp³-hybridized carbons (Fsp3) is 0.923. The van der Waals surface area contributed by atoms with Gasteiger partial charge in [0.25, 0.3) is 0 Å². The lowest BCUT2D eigenvalue weighted by Gasteiger charge is -2.31. The molecule has 100 valence electrons. The number of nitrogens with one attached hydrogen (secondary N) is 1. The van der Waals surface area contributed by atoms with Crippen LogP contribution in [-0.4, -0.2) is 36.5 Å². The van der Waals surface area contributed by atoms with Crippen LogP contribution >= 0.6 is 12.4 Å². The molecule has 3 nitrogen and oxygen atoms in total. The van der Waals surface area contributed by atoms with Gasteiger partial charge in [-0.05, 0) is 32.2 Å². The molecule has 2 rings (SSSR count). The molecule has 2 heterocycles. The largest absolute Gasteiger partial charge is 0.341 e. The highest BCUT2D eigenvalue weighted by Crippen LogP contribution is 2.14. The van der Waals surface area contributed by atoms with E-state index in [2.05, 4.69) is 10.2 Å². The van der Waals surface area contributed by atoms with Gasteiger partial charge in [0.15, 0.2) is 0 Å². The predicted octanol–water partition coefficient (Wildman–Crippen LogP) is 2.34. The van der Waals surface area contributed by atoms with Crippen molar-refractivity contribution in [1.82, 2.24) is 10.2 Å². The number of halogens is 1. The second-order valence-electron chi connectivity index (χ2n) is 5.10. The molecule has 2 aliphatic rings. The number of rotatable bonds is 1. The van der Waals surface area contributed by atoms with Crippen LogP contribution in [0, 0.1) is 0 Å². The first-order chi connectivity index (χ1) is 7.88. The van der Waals surface area contributed by atoms with Crippen LogP contribution in [0.15, 0.2) is 0 Å². The number of hydrogen-bond donors (Lipinski definition) is 1.